The Morgan fingerprint density at radius 1 is 1.10 bits per heavy atom. The highest BCUT2D eigenvalue weighted by atomic mass is 16.5. The molecule has 1 aromatic heterocycles. The molecule has 1 aromatic carbocycles. The lowest BCUT2D eigenvalue weighted by atomic mass is 10.1. The van der Waals surface area contributed by atoms with E-state index < -0.39 is 0 Å². The van der Waals surface area contributed by atoms with Crippen LogP contribution < -0.4 is 4.90 Å². The molecule has 1 aliphatic heterocycles. The van der Waals surface area contributed by atoms with Gasteiger partial charge in [-0.3, -0.25) is 0 Å². The molecule has 0 N–H and O–H groups in total. The van der Waals surface area contributed by atoms with E-state index in [0.717, 1.165) is 31.3 Å². The van der Waals surface area contributed by atoms with E-state index in [9.17, 15) is 0 Å². The van der Waals surface area contributed by atoms with E-state index >= 15 is 0 Å². The van der Waals surface area contributed by atoms with Crippen LogP contribution in [0.5, 0.6) is 0 Å². The second-order valence-corrected chi connectivity index (χ2v) is 5.76. The van der Waals surface area contributed by atoms with E-state index in [1.807, 2.05) is 18.3 Å². The molecule has 21 heavy (non-hydrogen) atoms. The number of benzene rings is 1. The first kappa shape index (κ1) is 12.8. The maximum Gasteiger partial charge on any atom is 0.133 e. The summed E-state index contributed by atoms with van der Waals surface area (Å²) in [7, 11) is 0. The van der Waals surface area contributed by atoms with Crippen molar-refractivity contribution < 1.29 is 4.74 Å². The van der Waals surface area contributed by atoms with Crippen molar-refractivity contribution in [3.8, 4) is 0 Å². The zero-order valence-corrected chi connectivity index (χ0v) is 12.0. The van der Waals surface area contributed by atoms with Crippen LogP contribution >= 0.6 is 0 Å². The van der Waals surface area contributed by atoms with E-state index in [1.54, 1.807) is 0 Å². The van der Waals surface area contributed by atoms with Gasteiger partial charge in [0.2, 0.25) is 0 Å². The van der Waals surface area contributed by atoms with E-state index in [-0.39, 0.29) is 6.10 Å². The molecule has 4 heteroatoms. The molecule has 1 saturated carbocycles. The van der Waals surface area contributed by atoms with Crippen LogP contribution in [0.15, 0.2) is 42.6 Å². The Labute approximate surface area is 124 Å². The predicted octanol–water partition coefficient (Wildman–Crippen LogP) is 2.93. The van der Waals surface area contributed by atoms with Gasteiger partial charge in [0.25, 0.3) is 0 Å². The van der Waals surface area contributed by atoms with Crippen molar-refractivity contribution in [1.82, 2.24) is 9.97 Å². The number of hydrogen-bond donors (Lipinski definition) is 0. The summed E-state index contributed by atoms with van der Waals surface area (Å²) in [5.74, 6) is 2.64. The van der Waals surface area contributed by atoms with Crippen LogP contribution in [0.25, 0.3) is 0 Å². The lowest BCUT2D eigenvalue weighted by Crippen LogP contribution is -2.39. The Hall–Kier alpha value is -1.94. The number of ether oxygens (including phenoxy) is 1. The zero-order chi connectivity index (χ0) is 14.1. The summed E-state index contributed by atoms with van der Waals surface area (Å²) < 4.78 is 5.92. The van der Waals surface area contributed by atoms with Gasteiger partial charge in [0.15, 0.2) is 0 Å². The average molecular weight is 281 g/mol. The first-order chi connectivity index (χ1) is 10.4. The number of nitrogens with zero attached hydrogens (tertiary/aromatic N) is 3. The van der Waals surface area contributed by atoms with Crippen LogP contribution in [0.4, 0.5) is 5.82 Å². The molecular formula is C17H19N3O. The van der Waals surface area contributed by atoms with Crippen LogP contribution in [-0.2, 0) is 4.74 Å². The molecule has 1 saturated heterocycles. The predicted molar refractivity (Wildman–Crippen MR) is 81.4 cm³/mol. The normalized spacial score (nSPS) is 22.3. The molecule has 0 amide bonds. The van der Waals surface area contributed by atoms with Crippen LogP contribution in [0.1, 0.15) is 36.3 Å². The second-order valence-electron chi connectivity index (χ2n) is 5.76. The lowest BCUT2D eigenvalue weighted by molar-refractivity contribution is 0.0395. The smallest absolute Gasteiger partial charge is 0.133 e. The molecule has 4 nitrogen and oxygen atoms in total. The van der Waals surface area contributed by atoms with Gasteiger partial charge >= 0.3 is 0 Å². The first-order valence-corrected chi connectivity index (χ1v) is 7.64. The van der Waals surface area contributed by atoms with Crippen molar-refractivity contribution in [2.45, 2.75) is 24.9 Å². The molecule has 2 aliphatic rings. The van der Waals surface area contributed by atoms with Crippen LogP contribution in [0.3, 0.4) is 0 Å². The zero-order valence-electron chi connectivity index (χ0n) is 12.0. The quantitative estimate of drug-likeness (QED) is 0.867. The van der Waals surface area contributed by atoms with Gasteiger partial charge in [-0.05, 0) is 24.5 Å². The Bertz CT molecular complexity index is 612. The maximum absolute atomic E-state index is 5.92. The average Bonchev–Trinajstić information content (AvgIpc) is 3.41. The largest absolute Gasteiger partial charge is 0.370 e. The summed E-state index contributed by atoms with van der Waals surface area (Å²) in [6.07, 6.45) is 4.49. The SMILES string of the molecule is c1ccc([C@H]2CN(c3ccnc(C4CC4)n3)CCO2)cc1. The van der Waals surface area contributed by atoms with E-state index in [1.165, 1.54) is 18.4 Å². The Morgan fingerprint density at radius 2 is 1.95 bits per heavy atom. The third-order valence-corrected chi connectivity index (χ3v) is 4.16. The molecule has 2 heterocycles. The van der Waals surface area contributed by atoms with Crippen LogP contribution in [-0.4, -0.2) is 29.7 Å². The number of aromatic nitrogens is 2. The first-order valence-electron chi connectivity index (χ1n) is 7.64. The van der Waals surface area contributed by atoms with Crippen molar-refractivity contribution in [3.05, 3.63) is 54.0 Å². The van der Waals surface area contributed by atoms with Gasteiger partial charge in [-0.2, -0.15) is 0 Å². The number of rotatable bonds is 3. The molecule has 4 rings (SSSR count). The summed E-state index contributed by atoms with van der Waals surface area (Å²) >= 11 is 0. The van der Waals surface area contributed by atoms with Gasteiger partial charge in [-0.25, -0.2) is 9.97 Å². The molecule has 0 spiro atoms. The Morgan fingerprint density at radius 3 is 2.76 bits per heavy atom. The third-order valence-electron chi connectivity index (χ3n) is 4.16. The van der Waals surface area contributed by atoms with Crippen LogP contribution in [0.2, 0.25) is 0 Å². The fraction of sp³-hybridized carbons (Fsp3) is 0.412. The molecule has 0 radical (unpaired) electrons. The molecule has 108 valence electrons. The van der Waals surface area contributed by atoms with Gasteiger partial charge in [0.05, 0.1) is 6.61 Å². The molecule has 2 aromatic rings. The third kappa shape index (κ3) is 2.76. The topological polar surface area (TPSA) is 38.2 Å². The van der Waals surface area contributed by atoms with Crippen LogP contribution in [0, 0.1) is 0 Å². The monoisotopic (exact) mass is 281 g/mol. The van der Waals surface area contributed by atoms with E-state index in [2.05, 4.69) is 34.1 Å². The van der Waals surface area contributed by atoms with Gasteiger partial charge in [-0.1, -0.05) is 30.3 Å². The summed E-state index contributed by atoms with van der Waals surface area (Å²) in [5, 5.41) is 0. The highest BCUT2D eigenvalue weighted by Gasteiger charge is 2.28. The fourth-order valence-corrected chi connectivity index (χ4v) is 2.80. The molecule has 0 bridgehead atoms. The van der Waals surface area contributed by atoms with Crippen molar-refractivity contribution in [1.29, 1.82) is 0 Å². The molecule has 0 unspecified atom stereocenters. The highest BCUT2D eigenvalue weighted by molar-refractivity contribution is 5.39. The number of morpholine rings is 1. The summed E-state index contributed by atoms with van der Waals surface area (Å²) in [6, 6.07) is 12.4. The molecule has 1 atom stereocenters. The van der Waals surface area contributed by atoms with Gasteiger partial charge in [0, 0.05) is 25.2 Å². The summed E-state index contributed by atoms with van der Waals surface area (Å²) in [5.41, 5.74) is 1.23. The second kappa shape index (κ2) is 5.45. The van der Waals surface area contributed by atoms with Crippen molar-refractivity contribution >= 4 is 5.82 Å². The minimum absolute atomic E-state index is 0.124. The number of anilines is 1. The minimum Gasteiger partial charge on any atom is -0.370 e. The van der Waals surface area contributed by atoms with Crippen molar-refractivity contribution in [3.63, 3.8) is 0 Å². The lowest BCUT2D eigenvalue weighted by Gasteiger charge is -2.34. The van der Waals surface area contributed by atoms with Crippen molar-refractivity contribution in [2.24, 2.45) is 0 Å². The van der Waals surface area contributed by atoms with Crippen molar-refractivity contribution in [2.75, 3.05) is 24.6 Å². The maximum atomic E-state index is 5.92. The summed E-state index contributed by atoms with van der Waals surface area (Å²) in [6.45, 7) is 2.48. The molecule has 2 fully saturated rings. The van der Waals surface area contributed by atoms with Gasteiger partial charge in [0.1, 0.15) is 17.7 Å². The summed E-state index contributed by atoms with van der Waals surface area (Å²) in [4.78, 5) is 11.5. The standard InChI is InChI=1S/C17H19N3O/c1-2-4-13(5-3-1)15-12-20(10-11-21-15)16-8-9-18-17(19-16)14-6-7-14/h1-5,8-9,14-15H,6-7,10-12H2/t15-/m1/s1. The Kier molecular flexibility index (Phi) is 3.31. The Balaban J connectivity index is 1.54. The van der Waals surface area contributed by atoms with Gasteiger partial charge in [-0.15, -0.1) is 0 Å². The fourth-order valence-electron chi connectivity index (χ4n) is 2.80. The molecular weight excluding hydrogens is 262 g/mol. The minimum atomic E-state index is 0.124. The highest BCUT2D eigenvalue weighted by Crippen LogP contribution is 2.38. The van der Waals surface area contributed by atoms with E-state index in [4.69, 9.17) is 9.72 Å². The molecule has 1 aliphatic carbocycles. The number of hydrogen-bond acceptors (Lipinski definition) is 4. The van der Waals surface area contributed by atoms with E-state index in [0.29, 0.717) is 5.92 Å². The van der Waals surface area contributed by atoms with Gasteiger partial charge < -0.3 is 9.64 Å².